The molecule has 1 aromatic carbocycles. The van der Waals surface area contributed by atoms with Crippen LogP contribution in [0.3, 0.4) is 0 Å². The SMILES string of the molecule is CCCNC(Cc1ccc(Br)cc1)c1snnc1CCC. The summed E-state index contributed by atoms with van der Waals surface area (Å²) in [6.07, 6.45) is 4.23. The van der Waals surface area contributed by atoms with Crippen molar-refractivity contribution in [2.45, 2.75) is 45.6 Å². The molecule has 3 nitrogen and oxygen atoms in total. The Labute approximate surface area is 139 Å². The maximum Gasteiger partial charge on any atom is 0.0803 e. The molecule has 1 N–H and O–H groups in total. The van der Waals surface area contributed by atoms with E-state index in [-0.39, 0.29) is 0 Å². The van der Waals surface area contributed by atoms with E-state index in [1.807, 2.05) is 0 Å². The number of halogens is 1. The van der Waals surface area contributed by atoms with E-state index in [1.165, 1.54) is 22.0 Å². The summed E-state index contributed by atoms with van der Waals surface area (Å²) < 4.78 is 5.29. The van der Waals surface area contributed by atoms with Gasteiger partial charge in [0.15, 0.2) is 0 Å². The lowest BCUT2D eigenvalue weighted by Crippen LogP contribution is -2.24. The second-order valence-corrected chi connectivity index (χ2v) is 6.87. The molecule has 2 aromatic rings. The van der Waals surface area contributed by atoms with Crippen molar-refractivity contribution >= 4 is 27.5 Å². The maximum absolute atomic E-state index is 4.31. The summed E-state index contributed by atoms with van der Waals surface area (Å²) in [5.74, 6) is 0. The van der Waals surface area contributed by atoms with Gasteiger partial charge < -0.3 is 5.32 Å². The van der Waals surface area contributed by atoms with E-state index in [0.29, 0.717) is 6.04 Å². The topological polar surface area (TPSA) is 37.8 Å². The minimum Gasteiger partial charge on any atom is -0.309 e. The highest BCUT2D eigenvalue weighted by Gasteiger charge is 2.18. The summed E-state index contributed by atoms with van der Waals surface area (Å²) in [7, 11) is 0. The highest BCUT2D eigenvalue weighted by atomic mass is 79.9. The van der Waals surface area contributed by atoms with Gasteiger partial charge in [0.25, 0.3) is 0 Å². The van der Waals surface area contributed by atoms with Crippen LogP contribution in [-0.4, -0.2) is 16.1 Å². The van der Waals surface area contributed by atoms with Crippen LogP contribution < -0.4 is 5.32 Å². The first kappa shape index (κ1) is 16.6. The average Bonchev–Trinajstić information content (AvgIpc) is 2.94. The molecule has 1 unspecified atom stereocenters. The van der Waals surface area contributed by atoms with Crippen molar-refractivity contribution in [1.29, 1.82) is 0 Å². The molecular weight excluding hydrogens is 346 g/mol. The number of nitrogens with one attached hydrogen (secondary N) is 1. The summed E-state index contributed by atoms with van der Waals surface area (Å²) in [5.41, 5.74) is 2.50. The highest BCUT2D eigenvalue weighted by Crippen LogP contribution is 2.25. The van der Waals surface area contributed by atoms with Crippen molar-refractivity contribution in [2.24, 2.45) is 0 Å². The third-order valence-corrected chi connectivity index (χ3v) is 4.79. The normalized spacial score (nSPS) is 12.5. The molecule has 0 radical (unpaired) electrons. The largest absolute Gasteiger partial charge is 0.309 e. The van der Waals surface area contributed by atoms with Crippen LogP contribution >= 0.6 is 27.5 Å². The first-order valence-electron chi connectivity index (χ1n) is 7.53. The van der Waals surface area contributed by atoms with Gasteiger partial charge in [-0.05, 0) is 55.0 Å². The second-order valence-electron chi connectivity index (χ2n) is 5.17. The molecule has 0 spiro atoms. The maximum atomic E-state index is 4.31. The molecule has 0 fully saturated rings. The molecule has 0 saturated heterocycles. The molecule has 1 aromatic heterocycles. The molecule has 0 aliphatic carbocycles. The van der Waals surface area contributed by atoms with Gasteiger partial charge in [-0.1, -0.05) is 52.8 Å². The van der Waals surface area contributed by atoms with E-state index in [9.17, 15) is 0 Å². The summed E-state index contributed by atoms with van der Waals surface area (Å²) >= 11 is 5.03. The fourth-order valence-electron chi connectivity index (χ4n) is 2.32. The van der Waals surface area contributed by atoms with Gasteiger partial charge in [-0.3, -0.25) is 0 Å². The molecule has 0 bridgehead atoms. The Morgan fingerprint density at radius 1 is 1.19 bits per heavy atom. The average molecular weight is 368 g/mol. The highest BCUT2D eigenvalue weighted by molar-refractivity contribution is 9.10. The smallest absolute Gasteiger partial charge is 0.0803 e. The summed E-state index contributed by atoms with van der Waals surface area (Å²) in [6.45, 7) is 5.40. The lowest BCUT2D eigenvalue weighted by atomic mass is 10.0. The van der Waals surface area contributed by atoms with Gasteiger partial charge in [-0.15, -0.1) is 5.10 Å². The van der Waals surface area contributed by atoms with E-state index in [4.69, 9.17) is 0 Å². The van der Waals surface area contributed by atoms with Crippen LogP contribution in [0.25, 0.3) is 0 Å². The van der Waals surface area contributed by atoms with Gasteiger partial charge >= 0.3 is 0 Å². The molecule has 21 heavy (non-hydrogen) atoms. The van der Waals surface area contributed by atoms with E-state index < -0.39 is 0 Å². The lowest BCUT2D eigenvalue weighted by Gasteiger charge is -2.18. The van der Waals surface area contributed by atoms with Crippen molar-refractivity contribution in [2.75, 3.05) is 6.54 Å². The number of hydrogen-bond acceptors (Lipinski definition) is 4. The van der Waals surface area contributed by atoms with Crippen molar-refractivity contribution in [3.63, 3.8) is 0 Å². The molecule has 0 saturated carbocycles. The Morgan fingerprint density at radius 2 is 1.95 bits per heavy atom. The van der Waals surface area contributed by atoms with E-state index in [2.05, 4.69) is 68.9 Å². The fraction of sp³-hybridized carbons (Fsp3) is 0.500. The third kappa shape index (κ3) is 4.87. The first-order chi connectivity index (χ1) is 10.2. The van der Waals surface area contributed by atoms with Gasteiger partial charge in [0.05, 0.1) is 10.6 Å². The van der Waals surface area contributed by atoms with E-state index in [0.717, 1.165) is 42.4 Å². The van der Waals surface area contributed by atoms with E-state index in [1.54, 1.807) is 0 Å². The van der Waals surface area contributed by atoms with Crippen LogP contribution in [0.1, 0.15) is 48.9 Å². The predicted molar refractivity (Wildman–Crippen MR) is 92.8 cm³/mol. The lowest BCUT2D eigenvalue weighted by molar-refractivity contribution is 0.531. The Hall–Kier alpha value is -0.780. The standard InChI is InChI=1S/C16H22BrN3S/c1-3-5-14-16(21-20-19-14)15(18-10-4-2)11-12-6-8-13(17)9-7-12/h6-9,15,18H,3-5,10-11H2,1-2H3. The van der Waals surface area contributed by atoms with Gasteiger partial charge in [-0.25, -0.2) is 0 Å². The zero-order chi connectivity index (χ0) is 15.1. The molecule has 0 aliphatic heterocycles. The molecule has 5 heteroatoms. The van der Waals surface area contributed by atoms with Crippen molar-refractivity contribution in [3.8, 4) is 0 Å². The molecule has 1 atom stereocenters. The van der Waals surface area contributed by atoms with Crippen LogP contribution in [0, 0.1) is 0 Å². The van der Waals surface area contributed by atoms with Gasteiger partial charge in [0.2, 0.25) is 0 Å². The number of aryl methyl sites for hydroxylation is 1. The molecule has 114 valence electrons. The number of rotatable bonds is 8. The fourth-order valence-corrected chi connectivity index (χ4v) is 3.36. The Morgan fingerprint density at radius 3 is 2.62 bits per heavy atom. The van der Waals surface area contributed by atoms with Gasteiger partial charge in [-0.2, -0.15) is 0 Å². The summed E-state index contributed by atoms with van der Waals surface area (Å²) in [6, 6.07) is 8.87. The van der Waals surface area contributed by atoms with Gasteiger partial charge in [0, 0.05) is 10.5 Å². The van der Waals surface area contributed by atoms with Crippen LogP contribution in [0.2, 0.25) is 0 Å². The quantitative estimate of drug-likeness (QED) is 0.744. The zero-order valence-corrected chi connectivity index (χ0v) is 15.0. The van der Waals surface area contributed by atoms with Crippen LogP contribution in [0.15, 0.2) is 28.7 Å². The minimum atomic E-state index is 0.313. The van der Waals surface area contributed by atoms with Crippen LogP contribution in [0.5, 0.6) is 0 Å². The summed E-state index contributed by atoms with van der Waals surface area (Å²) in [5, 5.41) is 7.96. The predicted octanol–water partition coefficient (Wildman–Crippen LogP) is 4.54. The van der Waals surface area contributed by atoms with Crippen LogP contribution in [0.4, 0.5) is 0 Å². The second kappa shape index (κ2) is 8.61. The monoisotopic (exact) mass is 367 g/mol. The van der Waals surface area contributed by atoms with Crippen molar-refractivity contribution in [3.05, 3.63) is 44.9 Å². The molecular formula is C16H22BrN3S. The van der Waals surface area contributed by atoms with Gasteiger partial charge in [0.1, 0.15) is 0 Å². The molecule has 0 aliphatic rings. The minimum absolute atomic E-state index is 0.313. The number of nitrogens with zero attached hydrogens (tertiary/aromatic N) is 2. The zero-order valence-electron chi connectivity index (χ0n) is 12.6. The van der Waals surface area contributed by atoms with E-state index >= 15 is 0 Å². The Kier molecular flexibility index (Phi) is 6.80. The number of benzene rings is 1. The number of aromatic nitrogens is 2. The molecule has 2 rings (SSSR count). The van der Waals surface area contributed by atoms with Crippen molar-refractivity contribution < 1.29 is 0 Å². The van der Waals surface area contributed by atoms with Crippen molar-refractivity contribution in [1.82, 2.24) is 14.9 Å². The van der Waals surface area contributed by atoms with Crippen LogP contribution in [-0.2, 0) is 12.8 Å². The number of hydrogen-bond donors (Lipinski definition) is 1. The molecule has 0 amide bonds. The molecule has 1 heterocycles. The Bertz CT molecular complexity index is 539. The Balaban J connectivity index is 2.16. The first-order valence-corrected chi connectivity index (χ1v) is 9.10. The third-order valence-electron chi connectivity index (χ3n) is 3.38. The summed E-state index contributed by atoms with van der Waals surface area (Å²) in [4.78, 5) is 1.30.